The van der Waals surface area contributed by atoms with Crippen molar-refractivity contribution in [3.8, 4) is 0 Å². The first-order chi connectivity index (χ1) is 13.8. The van der Waals surface area contributed by atoms with Gasteiger partial charge in [-0.3, -0.25) is 24.2 Å². The van der Waals surface area contributed by atoms with Gasteiger partial charge in [-0.15, -0.1) is 0 Å². The van der Waals surface area contributed by atoms with Crippen LogP contribution in [0.1, 0.15) is 17.9 Å². The van der Waals surface area contributed by atoms with Gasteiger partial charge in [0, 0.05) is 25.1 Å². The zero-order valence-corrected chi connectivity index (χ0v) is 16.1. The van der Waals surface area contributed by atoms with Crippen LogP contribution in [0.4, 0.5) is 10.1 Å². The predicted molar refractivity (Wildman–Crippen MR) is 104 cm³/mol. The number of imide groups is 1. The highest BCUT2D eigenvalue weighted by Crippen LogP contribution is 2.34. The number of fused-ring (bicyclic) bond motifs is 1. The zero-order valence-electron chi connectivity index (χ0n) is 15.3. The second-order valence-corrected chi connectivity index (χ2v) is 8.37. The molecule has 148 valence electrons. The van der Waals surface area contributed by atoms with Crippen molar-refractivity contribution in [3.63, 3.8) is 0 Å². The maximum Gasteiger partial charge on any atom is 0.262 e. The fraction of sp³-hybridized carbons (Fsp3) is 0.150. The van der Waals surface area contributed by atoms with Crippen LogP contribution in [0, 0.1) is 5.82 Å². The molecule has 2 amide bonds. The highest BCUT2D eigenvalue weighted by Gasteiger charge is 2.40. The molecule has 9 heteroatoms. The Bertz CT molecular complexity index is 1250. The van der Waals surface area contributed by atoms with Crippen molar-refractivity contribution >= 4 is 38.4 Å². The number of nitrogens with one attached hydrogen (secondary N) is 1. The molecule has 1 unspecified atom stereocenters. The fourth-order valence-corrected chi connectivity index (χ4v) is 4.74. The number of halogens is 1. The third kappa shape index (κ3) is 3.33. The number of sulfonamides is 1. The highest BCUT2D eigenvalue weighted by atomic mass is 32.2. The van der Waals surface area contributed by atoms with Gasteiger partial charge in [-0.25, -0.2) is 12.8 Å². The lowest BCUT2D eigenvalue weighted by Crippen LogP contribution is -2.26. The molecule has 1 N–H and O–H groups in total. The second kappa shape index (κ2) is 6.93. The summed E-state index contributed by atoms with van der Waals surface area (Å²) in [4.78, 5) is 29.2. The lowest BCUT2D eigenvalue weighted by molar-refractivity contribution is -0.137. The number of amides is 2. The number of pyridine rings is 1. The van der Waals surface area contributed by atoms with E-state index in [1.165, 1.54) is 7.05 Å². The Morgan fingerprint density at radius 3 is 2.62 bits per heavy atom. The van der Waals surface area contributed by atoms with Gasteiger partial charge in [0.1, 0.15) is 5.82 Å². The number of hydrogen-bond donors (Lipinski definition) is 1. The van der Waals surface area contributed by atoms with Crippen LogP contribution in [0.3, 0.4) is 0 Å². The van der Waals surface area contributed by atoms with Gasteiger partial charge in [0.25, 0.3) is 10.0 Å². The Balaban J connectivity index is 1.80. The van der Waals surface area contributed by atoms with Crippen LogP contribution in [0.2, 0.25) is 0 Å². The number of likely N-dealkylation sites (tertiary alicyclic amines) is 1. The molecule has 1 aromatic heterocycles. The number of benzene rings is 2. The van der Waals surface area contributed by atoms with Crippen LogP contribution >= 0.6 is 0 Å². The first-order valence-corrected chi connectivity index (χ1v) is 10.2. The van der Waals surface area contributed by atoms with Gasteiger partial charge in [0.15, 0.2) is 0 Å². The van der Waals surface area contributed by atoms with Crippen molar-refractivity contribution in [2.24, 2.45) is 0 Å². The van der Waals surface area contributed by atoms with Crippen LogP contribution in [-0.2, 0) is 19.6 Å². The van der Waals surface area contributed by atoms with Gasteiger partial charge in [-0.2, -0.15) is 0 Å². The molecule has 0 radical (unpaired) electrons. The van der Waals surface area contributed by atoms with Crippen molar-refractivity contribution in [2.75, 3.05) is 11.8 Å². The van der Waals surface area contributed by atoms with Crippen molar-refractivity contribution < 1.29 is 22.4 Å². The van der Waals surface area contributed by atoms with E-state index in [1.807, 2.05) is 0 Å². The topological polar surface area (TPSA) is 96.4 Å². The third-order valence-electron chi connectivity index (χ3n) is 4.90. The molecule has 4 rings (SSSR count). The summed E-state index contributed by atoms with van der Waals surface area (Å²) in [5.41, 5.74) is 0.659. The van der Waals surface area contributed by atoms with Gasteiger partial charge in [0.05, 0.1) is 22.0 Å². The van der Waals surface area contributed by atoms with Crippen molar-refractivity contribution in [3.05, 3.63) is 66.1 Å². The molecule has 1 saturated heterocycles. The Labute approximate surface area is 166 Å². The summed E-state index contributed by atoms with van der Waals surface area (Å²) in [6.45, 7) is 0. The lowest BCUT2D eigenvalue weighted by atomic mass is 9.97. The summed E-state index contributed by atoms with van der Waals surface area (Å²) in [7, 11) is -2.87. The maximum atomic E-state index is 13.9. The average Bonchev–Trinajstić information content (AvgIpc) is 2.95. The highest BCUT2D eigenvalue weighted by molar-refractivity contribution is 7.92. The lowest BCUT2D eigenvalue weighted by Gasteiger charge is -2.16. The molecule has 0 spiro atoms. The molecule has 29 heavy (non-hydrogen) atoms. The van der Waals surface area contributed by atoms with E-state index in [1.54, 1.807) is 36.5 Å². The normalized spacial score (nSPS) is 17.2. The molecule has 7 nitrogen and oxygen atoms in total. The van der Waals surface area contributed by atoms with Gasteiger partial charge in [-0.1, -0.05) is 18.2 Å². The number of hydrogen-bond acceptors (Lipinski definition) is 5. The Morgan fingerprint density at radius 2 is 1.90 bits per heavy atom. The Morgan fingerprint density at radius 1 is 1.14 bits per heavy atom. The molecule has 1 fully saturated rings. The largest absolute Gasteiger partial charge is 0.285 e. The van der Waals surface area contributed by atoms with E-state index in [-0.39, 0.29) is 22.6 Å². The molecule has 1 atom stereocenters. The predicted octanol–water partition coefficient (Wildman–Crippen LogP) is 2.65. The van der Waals surface area contributed by atoms with Crippen molar-refractivity contribution in [1.29, 1.82) is 0 Å². The summed E-state index contributed by atoms with van der Waals surface area (Å²) < 4.78 is 42.7. The number of carbonyl (C=O) groups is 2. The smallest absolute Gasteiger partial charge is 0.262 e. The Hall–Kier alpha value is -3.33. The maximum absolute atomic E-state index is 13.9. The monoisotopic (exact) mass is 413 g/mol. The second-order valence-electron chi connectivity index (χ2n) is 6.72. The number of likely N-dealkylation sites (N-methyl/N-ethyl adjacent to an activating group) is 1. The summed E-state index contributed by atoms with van der Waals surface area (Å²) >= 11 is 0. The fourth-order valence-electron chi connectivity index (χ4n) is 3.42. The van der Waals surface area contributed by atoms with Crippen LogP contribution in [0.25, 0.3) is 10.9 Å². The number of para-hydroxylation sites is 1. The minimum atomic E-state index is -4.19. The molecular weight excluding hydrogens is 397 g/mol. The minimum absolute atomic E-state index is 0.0478. The van der Waals surface area contributed by atoms with E-state index in [2.05, 4.69) is 9.71 Å². The molecule has 2 heterocycles. The summed E-state index contributed by atoms with van der Waals surface area (Å²) in [5.74, 6) is -2.76. The molecule has 1 aliphatic rings. The van der Waals surface area contributed by atoms with Crippen LogP contribution < -0.4 is 4.72 Å². The molecule has 0 bridgehead atoms. The van der Waals surface area contributed by atoms with E-state index in [0.29, 0.717) is 5.52 Å². The van der Waals surface area contributed by atoms with E-state index in [9.17, 15) is 22.4 Å². The number of anilines is 1. The van der Waals surface area contributed by atoms with Crippen molar-refractivity contribution in [1.82, 2.24) is 9.88 Å². The number of aromatic nitrogens is 1. The summed E-state index contributed by atoms with van der Waals surface area (Å²) in [6.07, 6.45) is 1.33. The molecule has 2 aromatic carbocycles. The number of nitrogens with zero attached hydrogens (tertiary/aromatic N) is 2. The standard InChI is InChI=1S/C20H16FN3O4S/c1-24-18(25)11-15(20(24)26)14-10-13(21)7-8-17(14)29(27,28)23-16-6-2-4-12-5-3-9-22-19(12)16/h2-10,15,23H,11H2,1H3. The third-order valence-corrected chi connectivity index (χ3v) is 6.33. The summed E-state index contributed by atoms with van der Waals surface area (Å²) in [6, 6.07) is 11.7. The molecule has 3 aromatic rings. The first-order valence-electron chi connectivity index (χ1n) is 8.74. The van der Waals surface area contributed by atoms with E-state index < -0.39 is 33.6 Å². The number of rotatable bonds is 4. The molecule has 0 saturated carbocycles. The van der Waals surface area contributed by atoms with Crippen molar-refractivity contribution in [2.45, 2.75) is 17.2 Å². The zero-order chi connectivity index (χ0) is 20.8. The molecule has 1 aliphatic heterocycles. The first kappa shape index (κ1) is 19.0. The summed E-state index contributed by atoms with van der Waals surface area (Å²) in [5, 5.41) is 0.741. The molecular formula is C20H16FN3O4S. The van der Waals surface area contributed by atoms with Gasteiger partial charge in [0.2, 0.25) is 11.8 Å². The quantitative estimate of drug-likeness (QED) is 0.664. The van der Waals surface area contributed by atoms with E-state index in [4.69, 9.17) is 0 Å². The average molecular weight is 413 g/mol. The SMILES string of the molecule is CN1C(=O)CC(c2cc(F)ccc2S(=O)(=O)Nc2cccc3cccnc23)C1=O. The minimum Gasteiger partial charge on any atom is -0.285 e. The van der Waals surface area contributed by atoms with Gasteiger partial charge < -0.3 is 0 Å². The van der Waals surface area contributed by atoms with E-state index >= 15 is 0 Å². The van der Waals surface area contributed by atoms with Crippen LogP contribution in [-0.4, -0.2) is 37.2 Å². The van der Waals surface area contributed by atoms with Gasteiger partial charge >= 0.3 is 0 Å². The molecule has 0 aliphatic carbocycles. The van der Waals surface area contributed by atoms with E-state index in [0.717, 1.165) is 28.5 Å². The van der Waals surface area contributed by atoms with Gasteiger partial charge in [-0.05, 0) is 35.9 Å². The van der Waals surface area contributed by atoms with Crippen LogP contribution in [0.5, 0.6) is 0 Å². The Kier molecular flexibility index (Phi) is 4.54. The van der Waals surface area contributed by atoms with Crippen LogP contribution in [0.15, 0.2) is 59.6 Å². The number of carbonyl (C=O) groups excluding carboxylic acids is 2.